The number of nitrogens with two attached hydrogens (primary N) is 1. The van der Waals surface area contributed by atoms with Crippen LogP contribution in [-0.4, -0.2) is 10.5 Å². The highest BCUT2D eigenvalue weighted by Gasteiger charge is 2.21. The van der Waals surface area contributed by atoms with E-state index in [4.69, 9.17) is 5.73 Å². The average molecular weight is 220 g/mol. The number of para-hydroxylation sites is 1. The van der Waals surface area contributed by atoms with Gasteiger partial charge in [-0.1, -0.05) is 18.2 Å². The SMILES string of the molecule is CC(C)n1c(F)c(C(N)=O)c2ccccc21. The van der Waals surface area contributed by atoms with E-state index in [0.717, 1.165) is 0 Å². The van der Waals surface area contributed by atoms with Gasteiger partial charge in [-0.3, -0.25) is 4.79 Å². The number of amides is 1. The van der Waals surface area contributed by atoms with Gasteiger partial charge in [-0.15, -0.1) is 0 Å². The minimum Gasteiger partial charge on any atom is -0.365 e. The van der Waals surface area contributed by atoms with Crippen LogP contribution in [0.15, 0.2) is 24.3 Å². The number of halogens is 1. The molecule has 3 nitrogen and oxygen atoms in total. The van der Waals surface area contributed by atoms with E-state index in [9.17, 15) is 9.18 Å². The molecule has 4 heteroatoms. The standard InChI is InChI=1S/C12H13FN2O/c1-7(2)15-9-6-4-3-5-8(9)10(11(15)13)12(14)16/h3-7H,1-2H3,(H2,14,16). The molecule has 2 aromatic rings. The lowest BCUT2D eigenvalue weighted by Crippen LogP contribution is -2.14. The van der Waals surface area contributed by atoms with Crippen LogP contribution < -0.4 is 5.73 Å². The number of benzene rings is 1. The second kappa shape index (κ2) is 3.63. The van der Waals surface area contributed by atoms with Gasteiger partial charge in [-0.05, 0) is 19.9 Å². The van der Waals surface area contributed by atoms with E-state index in [-0.39, 0.29) is 11.6 Å². The highest BCUT2D eigenvalue weighted by Crippen LogP contribution is 2.27. The van der Waals surface area contributed by atoms with Gasteiger partial charge in [0.05, 0.1) is 5.52 Å². The van der Waals surface area contributed by atoms with Crippen molar-refractivity contribution >= 4 is 16.8 Å². The lowest BCUT2D eigenvalue weighted by Gasteiger charge is -2.09. The summed E-state index contributed by atoms with van der Waals surface area (Å²) in [6.45, 7) is 3.72. The summed E-state index contributed by atoms with van der Waals surface area (Å²) < 4.78 is 15.5. The molecule has 84 valence electrons. The Bertz CT molecular complexity index is 557. The molecule has 1 aromatic heterocycles. The molecule has 0 fully saturated rings. The Hall–Kier alpha value is -1.84. The molecule has 0 bridgehead atoms. The summed E-state index contributed by atoms with van der Waals surface area (Å²) in [5.41, 5.74) is 5.88. The Balaban J connectivity index is 2.91. The number of carbonyl (C=O) groups excluding carboxylic acids is 1. The highest BCUT2D eigenvalue weighted by atomic mass is 19.1. The van der Waals surface area contributed by atoms with Crippen molar-refractivity contribution in [1.82, 2.24) is 4.57 Å². The van der Waals surface area contributed by atoms with Crippen LogP contribution in [0, 0.1) is 5.95 Å². The predicted molar refractivity (Wildman–Crippen MR) is 60.8 cm³/mol. The van der Waals surface area contributed by atoms with Crippen molar-refractivity contribution in [3.05, 3.63) is 35.8 Å². The highest BCUT2D eigenvalue weighted by molar-refractivity contribution is 6.06. The summed E-state index contributed by atoms with van der Waals surface area (Å²) in [6.07, 6.45) is 0. The van der Waals surface area contributed by atoms with Gasteiger partial charge in [0, 0.05) is 11.4 Å². The first-order valence-electron chi connectivity index (χ1n) is 5.12. The number of carbonyl (C=O) groups is 1. The number of nitrogens with zero attached hydrogens (tertiary/aromatic N) is 1. The molecular weight excluding hydrogens is 207 g/mol. The van der Waals surface area contributed by atoms with Crippen LogP contribution in [0.3, 0.4) is 0 Å². The number of fused-ring (bicyclic) bond motifs is 1. The summed E-state index contributed by atoms with van der Waals surface area (Å²) in [7, 11) is 0. The summed E-state index contributed by atoms with van der Waals surface area (Å²) in [5, 5.41) is 0.571. The summed E-state index contributed by atoms with van der Waals surface area (Å²) in [5.74, 6) is -1.28. The van der Waals surface area contributed by atoms with Crippen LogP contribution in [-0.2, 0) is 0 Å². The van der Waals surface area contributed by atoms with Crippen molar-refractivity contribution in [2.45, 2.75) is 19.9 Å². The number of hydrogen-bond acceptors (Lipinski definition) is 1. The van der Waals surface area contributed by atoms with Gasteiger partial charge >= 0.3 is 0 Å². The second-order valence-corrected chi connectivity index (χ2v) is 4.01. The molecule has 0 saturated carbocycles. The monoisotopic (exact) mass is 220 g/mol. The molecule has 16 heavy (non-hydrogen) atoms. The summed E-state index contributed by atoms with van der Waals surface area (Å²) in [4.78, 5) is 11.2. The van der Waals surface area contributed by atoms with Crippen molar-refractivity contribution in [2.24, 2.45) is 5.73 Å². The fraction of sp³-hybridized carbons (Fsp3) is 0.250. The normalized spacial score (nSPS) is 11.2. The molecule has 0 saturated heterocycles. The number of primary amides is 1. The van der Waals surface area contributed by atoms with E-state index >= 15 is 0 Å². The first-order chi connectivity index (χ1) is 7.54. The fourth-order valence-corrected chi connectivity index (χ4v) is 1.97. The Labute approximate surface area is 92.7 Å². The van der Waals surface area contributed by atoms with Gasteiger partial charge in [-0.2, -0.15) is 4.39 Å². The molecule has 0 unspecified atom stereocenters. The van der Waals surface area contributed by atoms with E-state index in [1.165, 1.54) is 4.57 Å². The van der Waals surface area contributed by atoms with Crippen LogP contribution in [0.4, 0.5) is 4.39 Å². The lowest BCUT2D eigenvalue weighted by molar-refractivity contribution is 0.0997. The van der Waals surface area contributed by atoms with Crippen molar-refractivity contribution in [3.8, 4) is 0 Å². The Morgan fingerprint density at radius 1 is 1.38 bits per heavy atom. The predicted octanol–water partition coefficient (Wildman–Crippen LogP) is 2.46. The fourth-order valence-electron chi connectivity index (χ4n) is 1.97. The van der Waals surface area contributed by atoms with Gasteiger partial charge in [0.2, 0.25) is 5.95 Å². The number of aromatic nitrogens is 1. The summed E-state index contributed by atoms with van der Waals surface area (Å²) in [6, 6.07) is 7.00. The van der Waals surface area contributed by atoms with E-state index < -0.39 is 11.9 Å². The molecule has 0 radical (unpaired) electrons. The third-order valence-corrected chi connectivity index (χ3v) is 2.61. The van der Waals surface area contributed by atoms with Gasteiger partial charge in [0.1, 0.15) is 5.56 Å². The van der Waals surface area contributed by atoms with Crippen LogP contribution in [0.5, 0.6) is 0 Å². The summed E-state index contributed by atoms with van der Waals surface area (Å²) >= 11 is 0. The van der Waals surface area contributed by atoms with Gasteiger partial charge in [-0.25, -0.2) is 0 Å². The second-order valence-electron chi connectivity index (χ2n) is 4.01. The molecule has 1 aromatic carbocycles. The molecule has 2 N–H and O–H groups in total. The molecule has 2 rings (SSSR count). The largest absolute Gasteiger partial charge is 0.365 e. The van der Waals surface area contributed by atoms with Crippen molar-refractivity contribution in [3.63, 3.8) is 0 Å². The molecule has 0 aliphatic carbocycles. The molecule has 0 aliphatic heterocycles. The van der Waals surface area contributed by atoms with Crippen molar-refractivity contribution < 1.29 is 9.18 Å². The van der Waals surface area contributed by atoms with Crippen LogP contribution in [0.25, 0.3) is 10.9 Å². The van der Waals surface area contributed by atoms with Crippen LogP contribution in [0.1, 0.15) is 30.2 Å². The quantitative estimate of drug-likeness (QED) is 0.830. The van der Waals surface area contributed by atoms with Crippen LogP contribution >= 0.6 is 0 Å². The maximum absolute atomic E-state index is 14.1. The van der Waals surface area contributed by atoms with Crippen molar-refractivity contribution in [1.29, 1.82) is 0 Å². The van der Waals surface area contributed by atoms with Gasteiger partial charge in [0.25, 0.3) is 5.91 Å². The van der Waals surface area contributed by atoms with Crippen molar-refractivity contribution in [2.75, 3.05) is 0 Å². The van der Waals surface area contributed by atoms with Crippen LogP contribution in [0.2, 0.25) is 0 Å². The molecule has 0 spiro atoms. The van der Waals surface area contributed by atoms with E-state index in [1.54, 1.807) is 18.2 Å². The zero-order chi connectivity index (χ0) is 11.9. The maximum atomic E-state index is 14.1. The maximum Gasteiger partial charge on any atom is 0.253 e. The minimum atomic E-state index is -0.729. The van der Waals surface area contributed by atoms with E-state index in [1.807, 2.05) is 19.9 Å². The lowest BCUT2D eigenvalue weighted by atomic mass is 10.1. The smallest absolute Gasteiger partial charge is 0.253 e. The Morgan fingerprint density at radius 2 is 2.00 bits per heavy atom. The minimum absolute atomic E-state index is 0.0238. The topological polar surface area (TPSA) is 48.0 Å². The third-order valence-electron chi connectivity index (χ3n) is 2.61. The van der Waals surface area contributed by atoms with E-state index in [2.05, 4.69) is 0 Å². The first-order valence-corrected chi connectivity index (χ1v) is 5.12. The Kier molecular flexibility index (Phi) is 2.42. The third kappa shape index (κ3) is 1.38. The van der Waals surface area contributed by atoms with Gasteiger partial charge in [0.15, 0.2) is 0 Å². The zero-order valence-corrected chi connectivity index (χ0v) is 9.20. The molecule has 1 heterocycles. The number of hydrogen-bond donors (Lipinski definition) is 1. The molecule has 0 aliphatic rings. The first kappa shape index (κ1) is 10.7. The molecule has 0 atom stereocenters. The zero-order valence-electron chi connectivity index (χ0n) is 9.20. The molecule has 1 amide bonds. The number of rotatable bonds is 2. The average Bonchev–Trinajstić information content (AvgIpc) is 2.49. The van der Waals surface area contributed by atoms with E-state index in [0.29, 0.717) is 10.9 Å². The van der Waals surface area contributed by atoms with Gasteiger partial charge < -0.3 is 10.3 Å². The Morgan fingerprint density at radius 3 is 2.56 bits per heavy atom. The molecular formula is C12H13FN2O.